The average molecular weight is 249 g/mol. The van der Waals surface area contributed by atoms with Gasteiger partial charge >= 0.3 is 0 Å². The van der Waals surface area contributed by atoms with Crippen molar-refractivity contribution in [2.75, 3.05) is 0 Å². The van der Waals surface area contributed by atoms with E-state index in [4.69, 9.17) is 0 Å². The van der Waals surface area contributed by atoms with E-state index in [-0.39, 0.29) is 5.78 Å². The molecule has 2 heteroatoms. The topological polar surface area (TPSA) is 22.0 Å². The van der Waals surface area contributed by atoms with E-state index in [0.717, 1.165) is 0 Å². The van der Waals surface area contributed by atoms with Gasteiger partial charge in [0.25, 0.3) is 0 Å². The van der Waals surface area contributed by atoms with E-state index in [1.165, 1.54) is 27.9 Å². The van der Waals surface area contributed by atoms with Crippen LogP contribution in [0.4, 0.5) is 0 Å². The van der Waals surface area contributed by atoms with Crippen LogP contribution >= 0.6 is 0 Å². The molecule has 0 fully saturated rings. The van der Waals surface area contributed by atoms with Crippen molar-refractivity contribution < 1.29 is 4.79 Å². The second-order valence-corrected chi connectivity index (χ2v) is 4.61. The zero-order valence-electron chi connectivity index (χ0n) is 10.7. The van der Waals surface area contributed by atoms with Gasteiger partial charge in [0.1, 0.15) is 0 Å². The lowest BCUT2D eigenvalue weighted by Gasteiger charge is -2.05. The molecule has 0 aliphatic carbocycles. The molecule has 0 saturated heterocycles. The summed E-state index contributed by atoms with van der Waals surface area (Å²) in [6.07, 6.45) is 1.89. The summed E-state index contributed by atoms with van der Waals surface area (Å²) in [5.41, 5.74) is 2.36. The molecule has 0 saturated carbocycles. The molecule has 0 aliphatic rings. The number of aryl methyl sites for hydroxylation is 1. The zero-order valence-corrected chi connectivity index (χ0v) is 10.7. The van der Waals surface area contributed by atoms with E-state index in [1.54, 1.807) is 0 Å². The molecular formula is C17H15NO. The lowest BCUT2D eigenvalue weighted by molar-refractivity contribution is -0.114. The van der Waals surface area contributed by atoms with Gasteiger partial charge in [-0.2, -0.15) is 0 Å². The van der Waals surface area contributed by atoms with Crippen LogP contribution in [0.5, 0.6) is 0 Å². The van der Waals surface area contributed by atoms with Gasteiger partial charge in [-0.25, -0.2) is 0 Å². The van der Waals surface area contributed by atoms with E-state index in [9.17, 15) is 4.79 Å². The highest BCUT2D eigenvalue weighted by Gasteiger charge is 2.09. The first-order valence-corrected chi connectivity index (χ1v) is 6.42. The van der Waals surface area contributed by atoms with Crippen LogP contribution < -0.4 is 0 Å². The fraction of sp³-hybridized carbons (Fsp3) is 0.118. The zero-order chi connectivity index (χ0) is 13.2. The van der Waals surface area contributed by atoms with Crippen molar-refractivity contribution in [3.63, 3.8) is 0 Å². The van der Waals surface area contributed by atoms with Crippen molar-refractivity contribution in [3.8, 4) is 0 Å². The Hall–Kier alpha value is -2.35. The molecule has 0 aliphatic heterocycles. The second kappa shape index (κ2) is 4.73. The highest BCUT2D eigenvalue weighted by atomic mass is 16.1. The number of hydrogen-bond acceptors (Lipinski definition) is 1. The van der Waals surface area contributed by atoms with Crippen LogP contribution in [0.3, 0.4) is 0 Å². The smallest absolute Gasteiger partial charge is 0.156 e. The molecule has 0 bridgehead atoms. The molecule has 3 rings (SSSR count). The molecule has 94 valence electrons. The van der Waals surface area contributed by atoms with Crippen molar-refractivity contribution in [3.05, 3.63) is 61.2 Å². The summed E-state index contributed by atoms with van der Waals surface area (Å²) in [7, 11) is 0. The lowest BCUT2D eigenvalue weighted by Crippen LogP contribution is -2.02. The maximum absolute atomic E-state index is 11.4. The molecule has 1 heterocycles. The van der Waals surface area contributed by atoms with Crippen LogP contribution in [0.25, 0.3) is 21.8 Å². The van der Waals surface area contributed by atoms with Crippen LogP contribution in [-0.2, 0) is 11.3 Å². The highest BCUT2D eigenvalue weighted by molar-refractivity contribution is 6.08. The number of rotatable bonds is 4. The van der Waals surface area contributed by atoms with E-state index in [2.05, 4.69) is 35.4 Å². The summed E-state index contributed by atoms with van der Waals surface area (Å²) in [5.74, 6) is 0.0851. The molecule has 2 nitrogen and oxygen atoms in total. The van der Waals surface area contributed by atoms with Gasteiger partial charge < -0.3 is 4.57 Å². The van der Waals surface area contributed by atoms with E-state index < -0.39 is 0 Å². The number of benzene rings is 2. The number of allylic oxidation sites excluding steroid dienone is 1. The fourth-order valence-electron chi connectivity index (χ4n) is 2.57. The molecule has 0 atom stereocenters. The molecule has 0 radical (unpaired) electrons. The van der Waals surface area contributed by atoms with E-state index in [0.29, 0.717) is 13.0 Å². The SMILES string of the molecule is C=CC(=O)CCn1c2ccccc2c2ccccc21. The first-order valence-electron chi connectivity index (χ1n) is 6.42. The van der Waals surface area contributed by atoms with Gasteiger partial charge in [-0.15, -0.1) is 0 Å². The summed E-state index contributed by atoms with van der Waals surface area (Å²) in [6.45, 7) is 4.22. The summed E-state index contributed by atoms with van der Waals surface area (Å²) in [6, 6.07) is 16.6. The van der Waals surface area contributed by atoms with Crippen molar-refractivity contribution in [2.24, 2.45) is 0 Å². The second-order valence-electron chi connectivity index (χ2n) is 4.61. The third kappa shape index (κ3) is 1.95. The molecule has 0 unspecified atom stereocenters. The summed E-state index contributed by atoms with van der Waals surface area (Å²) in [5, 5.41) is 2.48. The average Bonchev–Trinajstić information content (AvgIpc) is 2.79. The predicted octanol–water partition coefficient (Wildman–Crippen LogP) is 3.94. The number of aromatic nitrogens is 1. The Morgan fingerprint density at radius 1 is 1.00 bits per heavy atom. The summed E-state index contributed by atoms with van der Waals surface area (Å²) >= 11 is 0. The standard InChI is InChI=1S/C17H15NO/c1-2-13(19)11-12-18-16-9-5-3-7-14(16)15-8-4-6-10-17(15)18/h2-10H,1,11-12H2. The Morgan fingerprint density at radius 3 is 2.05 bits per heavy atom. The Kier molecular flexibility index (Phi) is 2.92. The quantitative estimate of drug-likeness (QED) is 0.642. The van der Waals surface area contributed by atoms with Crippen LogP contribution in [0.2, 0.25) is 0 Å². The van der Waals surface area contributed by atoms with Crippen LogP contribution in [0.1, 0.15) is 6.42 Å². The number of carbonyl (C=O) groups excluding carboxylic acids is 1. The summed E-state index contributed by atoms with van der Waals surface area (Å²) in [4.78, 5) is 11.4. The molecule has 0 spiro atoms. The van der Waals surface area contributed by atoms with E-state index in [1.807, 2.05) is 24.3 Å². The largest absolute Gasteiger partial charge is 0.340 e. The monoisotopic (exact) mass is 249 g/mol. The van der Waals surface area contributed by atoms with Gasteiger partial charge in [0.15, 0.2) is 5.78 Å². The Bertz CT molecular complexity index is 714. The van der Waals surface area contributed by atoms with Gasteiger partial charge in [-0.3, -0.25) is 4.79 Å². The molecule has 0 amide bonds. The van der Waals surface area contributed by atoms with Gasteiger partial charge in [0, 0.05) is 34.8 Å². The number of ketones is 1. The summed E-state index contributed by atoms with van der Waals surface area (Å²) < 4.78 is 2.21. The number of fused-ring (bicyclic) bond motifs is 3. The Balaban J connectivity index is 2.19. The van der Waals surface area contributed by atoms with E-state index >= 15 is 0 Å². The molecule has 3 aromatic rings. The van der Waals surface area contributed by atoms with Gasteiger partial charge in [-0.1, -0.05) is 43.0 Å². The van der Waals surface area contributed by atoms with Crippen molar-refractivity contribution in [1.29, 1.82) is 0 Å². The minimum atomic E-state index is 0.0851. The van der Waals surface area contributed by atoms with Crippen molar-refractivity contribution in [1.82, 2.24) is 4.57 Å². The van der Waals surface area contributed by atoms with Crippen LogP contribution in [-0.4, -0.2) is 10.4 Å². The molecule has 0 N–H and O–H groups in total. The maximum Gasteiger partial charge on any atom is 0.156 e. The Morgan fingerprint density at radius 2 is 1.53 bits per heavy atom. The highest BCUT2D eigenvalue weighted by Crippen LogP contribution is 2.28. The van der Waals surface area contributed by atoms with Gasteiger partial charge in [0.2, 0.25) is 0 Å². The lowest BCUT2D eigenvalue weighted by atomic mass is 10.2. The number of para-hydroxylation sites is 2. The van der Waals surface area contributed by atoms with Crippen molar-refractivity contribution in [2.45, 2.75) is 13.0 Å². The number of hydrogen-bond donors (Lipinski definition) is 0. The van der Waals surface area contributed by atoms with Crippen LogP contribution in [0.15, 0.2) is 61.2 Å². The molecule has 2 aromatic carbocycles. The minimum Gasteiger partial charge on any atom is -0.340 e. The van der Waals surface area contributed by atoms with Gasteiger partial charge in [0.05, 0.1) is 0 Å². The normalized spacial score (nSPS) is 10.9. The van der Waals surface area contributed by atoms with Gasteiger partial charge in [-0.05, 0) is 18.2 Å². The fourth-order valence-corrected chi connectivity index (χ4v) is 2.57. The number of nitrogens with zero attached hydrogens (tertiary/aromatic N) is 1. The Labute approximate surface area is 112 Å². The van der Waals surface area contributed by atoms with Crippen molar-refractivity contribution >= 4 is 27.6 Å². The van der Waals surface area contributed by atoms with Crippen LogP contribution in [0, 0.1) is 0 Å². The predicted molar refractivity (Wildman–Crippen MR) is 79.3 cm³/mol. The first-order chi connectivity index (χ1) is 9.31. The maximum atomic E-state index is 11.4. The third-order valence-corrected chi connectivity index (χ3v) is 3.49. The molecule has 1 aromatic heterocycles. The minimum absolute atomic E-state index is 0.0851. The molecular weight excluding hydrogens is 234 g/mol. The number of carbonyl (C=O) groups is 1. The molecule has 19 heavy (non-hydrogen) atoms. The first kappa shape index (κ1) is 11.7. The third-order valence-electron chi connectivity index (χ3n) is 3.49.